The molecule has 0 aliphatic heterocycles. The Balaban J connectivity index is 0.000000185. The van der Waals surface area contributed by atoms with Gasteiger partial charge in [0, 0.05) is 11.3 Å². The molecule has 0 heterocycles. The van der Waals surface area contributed by atoms with Crippen molar-refractivity contribution in [3.8, 4) is 11.1 Å². The molecule has 0 aliphatic carbocycles. The van der Waals surface area contributed by atoms with Crippen LogP contribution in [0, 0.1) is 13.8 Å². The number of rotatable bonds is 2. The summed E-state index contributed by atoms with van der Waals surface area (Å²) in [5.41, 5.74) is 16.7. The van der Waals surface area contributed by atoms with Crippen molar-refractivity contribution in [1.82, 2.24) is 0 Å². The van der Waals surface area contributed by atoms with Gasteiger partial charge in [-0.15, -0.1) is 0 Å². The fraction of sp³-hybridized carbons (Fsp3) is 0.0952. The van der Waals surface area contributed by atoms with E-state index >= 15 is 0 Å². The molecule has 0 spiro atoms. The lowest BCUT2D eigenvalue weighted by Crippen LogP contribution is -2.10. The van der Waals surface area contributed by atoms with Crippen LogP contribution in [0.1, 0.15) is 21.5 Å². The van der Waals surface area contributed by atoms with E-state index in [2.05, 4.69) is 62.4 Å². The van der Waals surface area contributed by atoms with E-state index in [-0.39, 0.29) is 0 Å². The highest BCUT2D eigenvalue weighted by atomic mass is 16.1. The lowest BCUT2D eigenvalue weighted by molar-refractivity contribution is 0.100. The van der Waals surface area contributed by atoms with Gasteiger partial charge in [-0.2, -0.15) is 0 Å². The summed E-state index contributed by atoms with van der Waals surface area (Å²) >= 11 is 0. The number of amides is 1. The van der Waals surface area contributed by atoms with Crippen LogP contribution >= 0.6 is 0 Å². The van der Waals surface area contributed by atoms with Gasteiger partial charge < -0.3 is 11.5 Å². The van der Waals surface area contributed by atoms with Gasteiger partial charge in [-0.25, -0.2) is 0 Å². The monoisotopic (exact) mass is 318 g/mol. The van der Waals surface area contributed by atoms with Crippen LogP contribution in [0.5, 0.6) is 0 Å². The molecular weight excluding hydrogens is 296 g/mol. The lowest BCUT2D eigenvalue weighted by Gasteiger charge is -2.03. The molecule has 0 saturated heterocycles. The molecule has 0 aromatic heterocycles. The van der Waals surface area contributed by atoms with Crippen molar-refractivity contribution in [3.63, 3.8) is 0 Å². The summed E-state index contributed by atoms with van der Waals surface area (Å²) in [6.07, 6.45) is 0. The van der Waals surface area contributed by atoms with Crippen LogP contribution in [-0.2, 0) is 0 Å². The van der Waals surface area contributed by atoms with Crippen molar-refractivity contribution in [1.29, 1.82) is 0 Å². The maximum absolute atomic E-state index is 10.5. The number of primary amides is 1. The van der Waals surface area contributed by atoms with E-state index in [4.69, 9.17) is 11.5 Å². The van der Waals surface area contributed by atoms with E-state index in [1.54, 1.807) is 24.3 Å². The number of anilines is 1. The van der Waals surface area contributed by atoms with Gasteiger partial charge in [-0.05, 0) is 49.2 Å². The van der Waals surface area contributed by atoms with Crippen LogP contribution in [0.2, 0.25) is 0 Å². The number of carbonyl (C=O) groups excluding carboxylic acids is 1. The number of hydrogen-bond acceptors (Lipinski definition) is 2. The average Bonchev–Trinajstić information content (AvgIpc) is 2.56. The molecule has 0 aliphatic rings. The van der Waals surface area contributed by atoms with Crippen molar-refractivity contribution >= 4 is 11.6 Å². The first-order chi connectivity index (χ1) is 11.5. The molecule has 0 radical (unpaired) electrons. The Morgan fingerprint density at radius 2 is 1.21 bits per heavy atom. The smallest absolute Gasteiger partial charge is 0.248 e. The van der Waals surface area contributed by atoms with Gasteiger partial charge in [-0.3, -0.25) is 4.79 Å². The van der Waals surface area contributed by atoms with Crippen molar-refractivity contribution in [2.45, 2.75) is 13.8 Å². The number of hydrogen-bond donors (Lipinski definition) is 2. The SMILES string of the molecule is Cc1cccc(-c2cccc(C)c2)c1.NC(=O)c1ccc(N)cc1. The molecule has 3 heteroatoms. The van der Waals surface area contributed by atoms with E-state index in [0.29, 0.717) is 11.3 Å². The first-order valence-electron chi connectivity index (χ1n) is 7.75. The second kappa shape index (κ2) is 7.97. The van der Waals surface area contributed by atoms with Crippen molar-refractivity contribution in [3.05, 3.63) is 89.5 Å². The minimum Gasteiger partial charge on any atom is -0.399 e. The zero-order valence-corrected chi connectivity index (χ0v) is 14.0. The fourth-order valence-corrected chi connectivity index (χ4v) is 2.30. The molecule has 0 atom stereocenters. The molecule has 0 unspecified atom stereocenters. The van der Waals surface area contributed by atoms with Crippen LogP contribution in [0.15, 0.2) is 72.8 Å². The molecule has 3 aromatic rings. The molecular formula is C21H22N2O. The minimum atomic E-state index is -0.431. The Morgan fingerprint density at radius 3 is 1.58 bits per heavy atom. The summed E-state index contributed by atoms with van der Waals surface area (Å²) in [7, 11) is 0. The molecule has 3 nitrogen and oxygen atoms in total. The normalized spacial score (nSPS) is 9.75. The summed E-state index contributed by atoms with van der Waals surface area (Å²) < 4.78 is 0. The second-order valence-corrected chi connectivity index (χ2v) is 5.73. The van der Waals surface area contributed by atoms with Crippen molar-refractivity contribution < 1.29 is 4.79 Å². The Morgan fingerprint density at radius 1 is 0.750 bits per heavy atom. The molecule has 0 saturated carbocycles. The van der Waals surface area contributed by atoms with Crippen LogP contribution in [0.3, 0.4) is 0 Å². The number of nitrogens with two attached hydrogens (primary N) is 2. The Bertz CT molecular complexity index is 780. The van der Waals surface area contributed by atoms with Gasteiger partial charge in [-0.1, -0.05) is 59.7 Å². The van der Waals surface area contributed by atoms with Crippen molar-refractivity contribution in [2.75, 3.05) is 5.73 Å². The third-order valence-corrected chi connectivity index (χ3v) is 3.56. The fourth-order valence-electron chi connectivity index (χ4n) is 2.30. The van der Waals surface area contributed by atoms with Crippen LogP contribution < -0.4 is 11.5 Å². The zero-order chi connectivity index (χ0) is 17.5. The van der Waals surface area contributed by atoms with Gasteiger partial charge in [0.2, 0.25) is 5.91 Å². The summed E-state index contributed by atoms with van der Waals surface area (Å²) in [5.74, 6) is -0.431. The van der Waals surface area contributed by atoms with E-state index in [9.17, 15) is 4.79 Å². The van der Waals surface area contributed by atoms with Crippen LogP contribution in [-0.4, -0.2) is 5.91 Å². The number of aryl methyl sites for hydroxylation is 2. The highest BCUT2D eigenvalue weighted by molar-refractivity contribution is 5.93. The Labute approximate surface area is 142 Å². The van der Waals surface area contributed by atoms with Gasteiger partial charge in [0.15, 0.2) is 0 Å². The highest BCUT2D eigenvalue weighted by Crippen LogP contribution is 2.20. The summed E-state index contributed by atoms with van der Waals surface area (Å²) in [4.78, 5) is 10.5. The average molecular weight is 318 g/mol. The molecule has 24 heavy (non-hydrogen) atoms. The van der Waals surface area contributed by atoms with E-state index in [1.807, 2.05) is 0 Å². The molecule has 0 bridgehead atoms. The molecule has 3 rings (SSSR count). The first-order valence-corrected chi connectivity index (χ1v) is 7.75. The molecule has 1 amide bonds. The van der Waals surface area contributed by atoms with Crippen molar-refractivity contribution in [2.24, 2.45) is 5.73 Å². The molecule has 3 aromatic carbocycles. The maximum atomic E-state index is 10.5. The van der Waals surface area contributed by atoms with Gasteiger partial charge in [0.25, 0.3) is 0 Å². The van der Waals surface area contributed by atoms with Gasteiger partial charge in [0.05, 0.1) is 0 Å². The predicted molar refractivity (Wildman–Crippen MR) is 101 cm³/mol. The summed E-state index contributed by atoms with van der Waals surface area (Å²) in [6, 6.07) is 23.7. The van der Waals surface area contributed by atoms with Gasteiger partial charge in [0.1, 0.15) is 0 Å². The molecule has 0 fully saturated rings. The number of carbonyl (C=O) groups is 1. The molecule has 4 N–H and O–H groups in total. The van der Waals surface area contributed by atoms with E-state index in [0.717, 1.165) is 0 Å². The van der Waals surface area contributed by atoms with Gasteiger partial charge >= 0.3 is 0 Å². The topological polar surface area (TPSA) is 69.1 Å². The summed E-state index contributed by atoms with van der Waals surface area (Å²) in [6.45, 7) is 4.25. The highest BCUT2D eigenvalue weighted by Gasteiger charge is 1.97. The molecule has 122 valence electrons. The predicted octanol–water partition coefficient (Wildman–Crippen LogP) is 4.34. The second-order valence-electron chi connectivity index (χ2n) is 5.73. The van der Waals surface area contributed by atoms with E-state index < -0.39 is 5.91 Å². The quantitative estimate of drug-likeness (QED) is 0.690. The third kappa shape index (κ3) is 4.99. The van der Waals surface area contributed by atoms with Crippen LogP contribution in [0.4, 0.5) is 5.69 Å². The standard InChI is InChI=1S/C14H14.C7H8N2O/c1-11-5-3-7-13(9-11)14-8-4-6-12(2)10-14;8-6-3-1-5(2-4-6)7(9)10/h3-10H,1-2H3;1-4H,8H2,(H2,9,10). The number of benzene rings is 3. The zero-order valence-electron chi connectivity index (χ0n) is 14.0. The van der Waals surface area contributed by atoms with E-state index in [1.165, 1.54) is 22.3 Å². The Hall–Kier alpha value is -3.07. The number of nitrogen functional groups attached to an aromatic ring is 1. The summed E-state index contributed by atoms with van der Waals surface area (Å²) in [5, 5.41) is 0. The largest absolute Gasteiger partial charge is 0.399 e. The first kappa shape index (κ1) is 17.3. The van der Waals surface area contributed by atoms with Crippen LogP contribution in [0.25, 0.3) is 11.1 Å². The third-order valence-electron chi connectivity index (χ3n) is 3.56. The minimum absolute atomic E-state index is 0.431. The lowest BCUT2D eigenvalue weighted by atomic mass is 10.0. The maximum Gasteiger partial charge on any atom is 0.248 e. The Kier molecular flexibility index (Phi) is 5.74.